The summed E-state index contributed by atoms with van der Waals surface area (Å²) in [5, 5.41) is 1.02. The standard InChI is InChI=1S/C18H27BrO2/c1-3-15-8-9-16(17(12-15)20-2)21-14-18(13-19)10-6-4-5-7-11-18/h8-9,12H,3-7,10-11,13-14H2,1-2H3. The van der Waals surface area contributed by atoms with Crippen molar-refractivity contribution in [1.29, 1.82) is 0 Å². The van der Waals surface area contributed by atoms with Gasteiger partial charge in [0.2, 0.25) is 0 Å². The van der Waals surface area contributed by atoms with Gasteiger partial charge in [-0.2, -0.15) is 0 Å². The van der Waals surface area contributed by atoms with E-state index in [1.54, 1.807) is 7.11 Å². The SMILES string of the molecule is CCc1ccc(OCC2(CBr)CCCCCC2)c(OC)c1. The van der Waals surface area contributed by atoms with Crippen LogP contribution in [0.25, 0.3) is 0 Å². The summed E-state index contributed by atoms with van der Waals surface area (Å²) in [6, 6.07) is 6.27. The first-order chi connectivity index (χ1) is 10.2. The molecule has 1 aliphatic rings. The molecule has 1 saturated carbocycles. The fraction of sp³-hybridized carbons (Fsp3) is 0.667. The third-order valence-electron chi connectivity index (χ3n) is 4.62. The zero-order valence-corrected chi connectivity index (χ0v) is 14.9. The van der Waals surface area contributed by atoms with Crippen LogP contribution in [0, 0.1) is 5.41 Å². The average molecular weight is 355 g/mol. The van der Waals surface area contributed by atoms with Crippen LogP contribution < -0.4 is 9.47 Å². The van der Waals surface area contributed by atoms with Crippen LogP contribution in [-0.4, -0.2) is 19.0 Å². The first-order valence-corrected chi connectivity index (χ1v) is 9.21. The molecule has 0 bridgehead atoms. The van der Waals surface area contributed by atoms with Gasteiger partial charge in [-0.3, -0.25) is 0 Å². The second-order valence-corrected chi connectivity index (χ2v) is 6.74. The van der Waals surface area contributed by atoms with Crippen molar-refractivity contribution in [2.75, 3.05) is 19.0 Å². The highest BCUT2D eigenvalue weighted by atomic mass is 79.9. The van der Waals surface area contributed by atoms with Gasteiger partial charge in [0.05, 0.1) is 13.7 Å². The molecule has 1 aliphatic carbocycles. The van der Waals surface area contributed by atoms with Crippen LogP contribution in [0.2, 0.25) is 0 Å². The molecule has 3 heteroatoms. The van der Waals surface area contributed by atoms with E-state index in [1.165, 1.54) is 44.1 Å². The van der Waals surface area contributed by atoms with E-state index in [4.69, 9.17) is 9.47 Å². The molecule has 0 unspecified atom stereocenters. The zero-order chi connectivity index (χ0) is 15.1. The van der Waals surface area contributed by atoms with Gasteiger partial charge in [0.1, 0.15) is 0 Å². The Morgan fingerprint density at radius 2 is 1.81 bits per heavy atom. The third kappa shape index (κ3) is 4.38. The van der Waals surface area contributed by atoms with E-state index in [0.717, 1.165) is 29.9 Å². The summed E-state index contributed by atoms with van der Waals surface area (Å²) < 4.78 is 11.6. The highest BCUT2D eigenvalue weighted by molar-refractivity contribution is 9.09. The summed E-state index contributed by atoms with van der Waals surface area (Å²) in [7, 11) is 1.72. The number of hydrogen-bond acceptors (Lipinski definition) is 2. The molecule has 0 heterocycles. The normalized spacial score (nSPS) is 18.0. The van der Waals surface area contributed by atoms with Crippen LogP contribution in [-0.2, 0) is 6.42 Å². The van der Waals surface area contributed by atoms with Crippen LogP contribution in [0.5, 0.6) is 11.5 Å². The van der Waals surface area contributed by atoms with Crippen LogP contribution in [0.1, 0.15) is 51.0 Å². The Bertz CT molecular complexity index is 437. The predicted molar refractivity (Wildman–Crippen MR) is 91.8 cm³/mol. The summed E-state index contributed by atoms with van der Waals surface area (Å²) in [6.07, 6.45) is 8.90. The van der Waals surface area contributed by atoms with Gasteiger partial charge >= 0.3 is 0 Å². The van der Waals surface area contributed by atoms with Crippen molar-refractivity contribution in [2.24, 2.45) is 5.41 Å². The molecule has 0 spiro atoms. The quantitative estimate of drug-likeness (QED) is 0.504. The maximum atomic E-state index is 6.16. The van der Waals surface area contributed by atoms with Crippen molar-refractivity contribution in [3.8, 4) is 11.5 Å². The molecule has 0 atom stereocenters. The summed E-state index contributed by atoms with van der Waals surface area (Å²) in [5.74, 6) is 1.73. The van der Waals surface area contributed by atoms with Crippen molar-refractivity contribution in [2.45, 2.75) is 51.9 Å². The molecule has 118 valence electrons. The lowest BCUT2D eigenvalue weighted by atomic mass is 9.83. The van der Waals surface area contributed by atoms with Gasteiger partial charge in [0, 0.05) is 10.7 Å². The highest BCUT2D eigenvalue weighted by Gasteiger charge is 2.31. The zero-order valence-electron chi connectivity index (χ0n) is 13.3. The summed E-state index contributed by atoms with van der Waals surface area (Å²) >= 11 is 3.72. The molecule has 0 aliphatic heterocycles. The molecule has 1 aromatic carbocycles. The fourth-order valence-electron chi connectivity index (χ4n) is 3.08. The van der Waals surface area contributed by atoms with Gasteiger partial charge < -0.3 is 9.47 Å². The number of ether oxygens (including phenoxy) is 2. The maximum Gasteiger partial charge on any atom is 0.161 e. The molecule has 0 amide bonds. The Kier molecular flexibility index (Phi) is 6.40. The predicted octanol–water partition coefficient (Wildman–Crippen LogP) is 5.37. The van der Waals surface area contributed by atoms with Crippen molar-refractivity contribution in [1.82, 2.24) is 0 Å². The van der Waals surface area contributed by atoms with Crippen LogP contribution in [0.3, 0.4) is 0 Å². The van der Waals surface area contributed by atoms with Gasteiger partial charge in [0.15, 0.2) is 11.5 Å². The molecular formula is C18H27BrO2. The van der Waals surface area contributed by atoms with Crippen LogP contribution in [0.4, 0.5) is 0 Å². The van der Waals surface area contributed by atoms with E-state index in [1.807, 2.05) is 0 Å². The van der Waals surface area contributed by atoms with E-state index in [0.29, 0.717) is 0 Å². The highest BCUT2D eigenvalue weighted by Crippen LogP contribution is 2.38. The van der Waals surface area contributed by atoms with Gasteiger partial charge in [-0.1, -0.05) is 54.6 Å². The van der Waals surface area contributed by atoms with Gasteiger partial charge in [-0.25, -0.2) is 0 Å². The summed E-state index contributed by atoms with van der Waals surface area (Å²) in [4.78, 5) is 0. The largest absolute Gasteiger partial charge is 0.493 e. The van der Waals surface area contributed by atoms with Crippen molar-refractivity contribution < 1.29 is 9.47 Å². The first kappa shape index (κ1) is 16.7. The third-order valence-corrected chi connectivity index (χ3v) is 5.81. The molecule has 0 aromatic heterocycles. The second kappa shape index (κ2) is 8.07. The maximum absolute atomic E-state index is 6.16. The van der Waals surface area contributed by atoms with E-state index >= 15 is 0 Å². The fourth-order valence-corrected chi connectivity index (χ4v) is 3.80. The summed E-state index contributed by atoms with van der Waals surface area (Å²) in [5.41, 5.74) is 1.56. The number of rotatable bonds is 6. The van der Waals surface area contributed by atoms with Gasteiger partial charge in [-0.15, -0.1) is 0 Å². The molecule has 21 heavy (non-hydrogen) atoms. The second-order valence-electron chi connectivity index (χ2n) is 6.18. The molecule has 2 rings (SSSR count). The van der Waals surface area contributed by atoms with Crippen LogP contribution in [0.15, 0.2) is 18.2 Å². The monoisotopic (exact) mass is 354 g/mol. The van der Waals surface area contributed by atoms with Crippen LogP contribution >= 0.6 is 15.9 Å². The minimum absolute atomic E-state index is 0.283. The summed E-state index contributed by atoms with van der Waals surface area (Å²) in [6.45, 7) is 2.93. The Morgan fingerprint density at radius 3 is 2.38 bits per heavy atom. The van der Waals surface area contributed by atoms with E-state index in [9.17, 15) is 0 Å². The Balaban J connectivity index is 2.06. The first-order valence-electron chi connectivity index (χ1n) is 8.09. The number of methoxy groups -OCH3 is 1. The Labute approximate surface area is 137 Å². The Hall–Kier alpha value is -0.700. The van der Waals surface area contributed by atoms with Gasteiger partial charge in [-0.05, 0) is 37.0 Å². The van der Waals surface area contributed by atoms with Crippen molar-refractivity contribution >= 4 is 15.9 Å². The molecule has 1 aromatic rings. The average Bonchev–Trinajstić information content (AvgIpc) is 2.79. The lowest BCUT2D eigenvalue weighted by molar-refractivity contribution is 0.145. The Morgan fingerprint density at radius 1 is 1.10 bits per heavy atom. The molecular weight excluding hydrogens is 328 g/mol. The molecule has 2 nitrogen and oxygen atoms in total. The minimum Gasteiger partial charge on any atom is -0.493 e. The number of hydrogen-bond donors (Lipinski definition) is 0. The minimum atomic E-state index is 0.283. The number of halogens is 1. The molecule has 0 saturated heterocycles. The lowest BCUT2D eigenvalue weighted by Gasteiger charge is -2.30. The van der Waals surface area contributed by atoms with Crippen molar-refractivity contribution in [3.63, 3.8) is 0 Å². The van der Waals surface area contributed by atoms with Crippen molar-refractivity contribution in [3.05, 3.63) is 23.8 Å². The van der Waals surface area contributed by atoms with E-state index in [2.05, 4.69) is 41.1 Å². The van der Waals surface area contributed by atoms with E-state index < -0.39 is 0 Å². The van der Waals surface area contributed by atoms with E-state index in [-0.39, 0.29) is 5.41 Å². The number of aryl methyl sites for hydroxylation is 1. The lowest BCUT2D eigenvalue weighted by Crippen LogP contribution is -2.30. The number of benzene rings is 1. The van der Waals surface area contributed by atoms with Gasteiger partial charge in [0.25, 0.3) is 0 Å². The molecule has 0 N–H and O–H groups in total. The smallest absolute Gasteiger partial charge is 0.161 e. The molecule has 1 fully saturated rings. The topological polar surface area (TPSA) is 18.5 Å². The molecule has 0 radical (unpaired) electrons. The number of alkyl halides is 1.